The van der Waals surface area contributed by atoms with Gasteiger partial charge in [-0.05, 0) is 24.5 Å². The van der Waals surface area contributed by atoms with Crippen molar-refractivity contribution in [1.82, 2.24) is 9.88 Å². The van der Waals surface area contributed by atoms with E-state index in [1.807, 2.05) is 25.2 Å². The second kappa shape index (κ2) is 13.9. The molecule has 1 heterocycles. The van der Waals surface area contributed by atoms with Gasteiger partial charge in [0, 0.05) is 43.8 Å². The molecule has 0 fully saturated rings. The first-order chi connectivity index (χ1) is 10.0. The number of pyridine rings is 1. The van der Waals surface area contributed by atoms with Gasteiger partial charge in [-0.1, -0.05) is 19.9 Å². The van der Waals surface area contributed by atoms with Crippen molar-refractivity contribution in [2.45, 2.75) is 38.5 Å². The number of carbonyl (C=O) groups is 1. The minimum atomic E-state index is 0. The number of carbonyl (C=O) groups excluding carboxylic acids is 1. The third-order valence-electron chi connectivity index (χ3n) is 3.52. The van der Waals surface area contributed by atoms with E-state index in [0.29, 0.717) is 12.3 Å². The van der Waals surface area contributed by atoms with E-state index in [1.54, 1.807) is 22.9 Å². The summed E-state index contributed by atoms with van der Waals surface area (Å²) < 4.78 is 0. The highest BCUT2D eigenvalue weighted by Crippen LogP contribution is 2.11. The molecule has 0 saturated carbocycles. The number of thioether (sulfide) groups is 1. The van der Waals surface area contributed by atoms with Crippen molar-refractivity contribution in [3.05, 3.63) is 30.1 Å². The highest BCUT2D eigenvalue weighted by atomic mass is 35.5. The lowest BCUT2D eigenvalue weighted by Gasteiger charge is -2.21. The molecule has 0 spiro atoms. The molecule has 23 heavy (non-hydrogen) atoms. The van der Waals surface area contributed by atoms with Crippen molar-refractivity contribution in [3.8, 4) is 0 Å². The molecule has 0 radical (unpaired) electrons. The summed E-state index contributed by atoms with van der Waals surface area (Å²) in [5, 5.41) is 0. The molecule has 0 aliphatic carbocycles. The van der Waals surface area contributed by atoms with Crippen LogP contribution in [0.1, 0.15) is 32.4 Å². The minimum absolute atomic E-state index is 0. The van der Waals surface area contributed by atoms with Crippen molar-refractivity contribution >= 4 is 42.5 Å². The second-order valence-corrected chi connectivity index (χ2v) is 6.74. The number of nitrogens with zero attached hydrogens (tertiary/aromatic N) is 2. The van der Waals surface area contributed by atoms with E-state index in [-0.39, 0.29) is 36.8 Å². The van der Waals surface area contributed by atoms with E-state index < -0.39 is 0 Å². The Labute approximate surface area is 156 Å². The normalized spacial score (nSPS) is 11.3. The topological polar surface area (TPSA) is 59.2 Å². The summed E-state index contributed by atoms with van der Waals surface area (Å²) in [5.74, 6) is 2.34. The van der Waals surface area contributed by atoms with Gasteiger partial charge in [0.05, 0.1) is 5.69 Å². The molecule has 1 unspecified atom stereocenters. The van der Waals surface area contributed by atoms with Crippen LogP contribution in [0, 0.1) is 5.92 Å². The van der Waals surface area contributed by atoms with Crippen LogP contribution >= 0.6 is 36.6 Å². The molecule has 134 valence electrons. The van der Waals surface area contributed by atoms with E-state index in [9.17, 15) is 4.79 Å². The molecule has 0 saturated heterocycles. The Bertz CT molecular complexity index is 421. The number of rotatable bonds is 9. The van der Waals surface area contributed by atoms with Crippen LogP contribution in [-0.2, 0) is 10.5 Å². The Morgan fingerprint density at radius 1 is 1.35 bits per heavy atom. The average Bonchev–Trinajstić information content (AvgIpc) is 2.49. The van der Waals surface area contributed by atoms with Crippen LogP contribution in [0.15, 0.2) is 24.4 Å². The average molecular weight is 382 g/mol. The zero-order valence-corrected chi connectivity index (χ0v) is 16.6. The Kier molecular flexibility index (Phi) is 15.0. The van der Waals surface area contributed by atoms with E-state index >= 15 is 0 Å². The van der Waals surface area contributed by atoms with Gasteiger partial charge < -0.3 is 10.6 Å². The smallest absolute Gasteiger partial charge is 0.223 e. The Morgan fingerprint density at radius 2 is 2.04 bits per heavy atom. The van der Waals surface area contributed by atoms with E-state index in [1.165, 1.54) is 0 Å². The summed E-state index contributed by atoms with van der Waals surface area (Å²) in [7, 11) is 1.86. The lowest BCUT2D eigenvalue weighted by Crippen LogP contribution is -2.34. The predicted octanol–water partition coefficient (Wildman–Crippen LogP) is 3.38. The number of halogens is 2. The highest BCUT2D eigenvalue weighted by Gasteiger charge is 2.12. The number of hydrogen-bond acceptors (Lipinski definition) is 4. The van der Waals surface area contributed by atoms with E-state index in [0.717, 1.165) is 30.2 Å². The van der Waals surface area contributed by atoms with Gasteiger partial charge in [-0.2, -0.15) is 11.8 Å². The van der Waals surface area contributed by atoms with Gasteiger partial charge in [0.25, 0.3) is 0 Å². The quantitative estimate of drug-likeness (QED) is 0.665. The lowest BCUT2D eigenvalue weighted by molar-refractivity contribution is -0.129. The molecule has 0 bridgehead atoms. The molecule has 0 aromatic carbocycles. The van der Waals surface area contributed by atoms with Crippen LogP contribution < -0.4 is 5.73 Å². The summed E-state index contributed by atoms with van der Waals surface area (Å²) in [6.07, 6.45) is 3.23. The van der Waals surface area contributed by atoms with E-state index in [2.05, 4.69) is 18.8 Å². The van der Waals surface area contributed by atoms with Crippen molar-refractivity contribution in [2.75, 3.05) is 19.3 Å². The second-order valence-electron chi connectivity index (χ2n) is 5.64. The molecular weight excluding hydrogens is 353 g/mol. The molecule has 7 heteroatoms. The zero-order valence-electron chi connectivity index (χ0n) is 14.1. The van der Waals surface area contributed by atoms with Crippen LogP contribution in [-0.4, -0.2) is 41.2 Å². The van der Waals surface area contributed by atoms with Gasteiger partial charge in [0.2, 0.25) is 5.91 Å². The molecule has 1 aromatic heterocycles. The van der Waals surface area contributed by atoms with Crippen molar-refractivity contribution < 1.29 is 4.79 Å². The fourth-order valence-corrected chi connectivity index (χ4v) is 2.65. The summed E-state index contributed by atoms with van der Waals surface area (Å²) >= 11 is 1.75. The van der Waals surface area contributed by atoms with Gasteiger partial charge in [-0.25, -0.2) is 0 Å². The summed E-state index contributed by atoms with van der Waals surface area (Å²) in [5.41, 5.74) is 7.06. The van der Waals surface area contributed by atoms with Gasteiger partial charge in [0.1, 0.15) is 0 Å². The van der Waals surface area contributed by atoms with Gasteiger partial charge in [-0.15, -0.1) is 24.8 Å². The number of aromatic nitrogens is 1. The van der Waals surface area contributed by atoms with Crippen LogP contribution in [0.25, 0.3) is 0 Å². The minimum Gasteiger partial charge on any atom is -0.346 e. The third kappa shape index (κ3) is 10.8. The molecule has 1 aromatic rings. The molecule has 1 rings (SSSR count). The molecule has 0 aliphatic heterocycles. The Balaban J connectivity index is 0. The first-order valence-electron chi connectivity index (χ1n) is 7.48. The number of hydrogen-bond donors (Lipinski definition) is 1. The van der Waals surface area contributed by atoms with Crippen LogP contribution in [0.3, 0.4) is 0 Å². The van der Waals surface area contributed by atoms with Crippen molar-refractivity contribution in [2.24, 2.45) is 11.7 Å². The maximum absolute atomic E-state index is 12.0. The summed E-state index contributed by atoms with van der Waals surface area (Å²) in [6.45, 7) is 4.96. The first kappa shape index (κ1) is 24.8. The zero-order chi connectivity index (χ0) is 15.7. The van der Waals surface area contributed by atoms with Gasteiger partial charge in [0.15, 0.2) is 0 Å². The van der Waals surface area contributed by atoms with Crippen molar-refractivity contribution in [3.63, 3.8) is 0 Å². The van der Waals surface area contributed by atoms with Crippen LogP contribution in [0.5, 0.6) is 0 Å². The van der Waals surface area contributed by atoms with Gasteiger partial charge in [-0.3, -0.25) is 9.78 Å². The maximum atomic E-state index is 12.0. The molecule has 2 N–H and O–H groups in total. The van der Waals surface area contributed by atoms with Gasteiger partial charge >= 0.3 is 0 Å². The predicted molar refractivity (Wildman–Crippen MR) is 105 cm³/mol. The fourth-order valence-electron chi connectivity index (χ4n) is 1.81. The summed E-state index contributed by atoms with van der Waals surface area (Å²) in [4.78, 5) is 18.1. The van der Waals surface area contributed by atoms with Crippen LogP contribution in [0.2, 0.25) is 0 Å². The lowest BCUT2D eigenvalue weighted by atomic mass is 10.0. The van der Waals surface area contributed by atoms with Crippen LogP contribution in [0.4, 0.5) is 0 Å². The fraction of sp³-hybridized carbons (Fsp3) is 0.625. The maximum Gasteiger partial charge on any atom is 0.223 e. The largest absolute Gasteiger partial charge is 0.346 e. The molecule has 1 amide bonds. The molecule has 4 nitrogen and oxygen atoms in total. The molecular formula is C16H29Cl2N3OS. The first-order valence-corrected chi connectivity index (χ1v) is 8.63. The number of nitrogens with two attached hydrogens (primary N) is 1. The van der Waals surface area contributed by atoms with E-state index in [4.69, 9.17) is 5.73 Å². The SMILES string of the molecule is CC(C)C(N)CCN(C)C(=O)CCSCc1ccccn1.Cl.Cl. The Morgan fingerprint density at radius 3 is 2.61 bits per heavy atom. The monoisotopic (exact) mass is 381 g/mol. The molecule has 0 aliphatic rings. The number of amides is 1. The summed E-state index contributed by atoms with van der Waals surface area (Å²) in [6, 6.07) is 6.07. The Hall–Kier alpha value is -0.490. The highest BCUT2D eigenvalue weighted by molar-refractivity contribution is 7.98. The third-order valence-corrected chi connectivity index (χ3v) is 4.51. The van der Waals surface area contributed by atoms with Crippen molar-refractivity contribution in [1.29, 1.82) is 0 Å². The standard InChI is InChI=1S/C16H27N3OS.2ClH/c1-13(2)15(17)7-10-19(3)16(20)8-11-21-12-14-6-4-5-9-18-14;;/h4-6,9,13,15H,7-8,10-12,17H2,1-3H3;2*1H. The molecule has 1 atom stereocenters.